The van der Waals surface area contributed by atoms with Gasteiger partial charge in [-0.25, -0.2) is 13.1 Å². The van der Waals surface area contributed by atoms with Crippen LogP contribution in [-0.4, -0.2) is 26.8 Å². The Hall–Kier alpha value is -0.130. The molecule has 0 saturated carbocycles. The molecule has 0 bridgehead atoms. The Labute approximate surface area is 87.3 Å². The molecular weight excluding hydrogens is 200 g/mol. The van der Waals surface area contributed by atoms with Gasteiger partial charge in [-0.15, -0.1) is 0 Å². The smallest absolute Gasteiger partial charge is 0.211 e. The van der Waals surface area contributed by atoms with Crippen molar-refractivity contribution in [1.29, 1.82) is 0 Å². The summed E-state index contributed by atoms with van der Waals surface area (Å²) in [4.78, 5) is 0. The molecule has 0 spiro atoms. The van der Waals surface area contributed by atoms with Gasteiger partial charge in [-0.3, -0.25) is 0 Å². The lowest BCUT2D eigenvalue weighted by molar-refractivity contribution is 0.556. The Morgan fingerprint density at radius 1 is 1.36 bits per heavy atom. The SMILES string of the molecule is CCCCS(=O)(=O)NCCC(N)CC. The topological polar surface area (TPSA) is 72.2 Å². The first-order valence-corrected chi connectivity index (χ1v) is 6.90. The van der Waals surface area contributed by atoms with Crippen molar-refractivity contribution in [3.05, 3.63) is 0 Å². The van der Waals surface area contributed by atoms with Gasteiger partial charge in [-0.1, -0.05) is 20.3 Å². The molecule has 0 heterocycles. The molecule has 14 heavy (non-hydrogen) atoms. The second-order valence-corrected chi connectivity index (χ2v) is 5.45. The zero-order chi connectivity index (χ0) is 11.0. The molecular formula is C9H22N2O2S. The average molecular weight is 222 g/mol. The van der Waals surface area contributed by atoms with Crippen molar-refractivity contribution in [2.24, 2.45) is 5.73 Å². The fourth-order valence-corrected chi connectivity index (χ4v) is 2.25. The summed E-state index contributed by atoms with van der Waals surface area (Å²) in [6, 6.07) is 0.101. The third-order valence-corrected chi connectivity index (χ3v) is 3.60. The van der Waals surface area contributed by atoms with E-state index in [2.05, 4.69) is 4.72 Å². The second kappa shape index (κ2) is 7.20. The van der Waals surface area contributed by atoms with Crippen LogP contribution >= 0.6 is 0 Å². The summed E-state index contributed by atoms with van der Waals surface area (Å²) in [5.74, 6) is 0.227. The monoisotopic (exact) mass is 222 g/mol. The van der Waals surface area contributed by atoms with E-state index in [1.165, 1.54) is 0 Å². The standard InChI is InChI=1S/C9H22N2O2S/c1-3-5-8-14(12,13)11-7-6-9(10)4-2/h9,11H,3-8,10H2,1-2H3. The molecule has 1 atom stereocenters. The van der Waals surface area contributed by atoms with Crippen LogP contribution in [0.5, 0.6) is 0 Å². The predicted octanol–water partition coefficient (Wildman–Crippen LogP) is 0.833. The number of nitrogens with two attached hydrogens (primary N) is 1. The molecule has 0 amide bonds. The van der Waals surface area contributed by atoms with Gasteiger partial charge < -0.3 is 5.73 Å². The molecule has 86 valence electrons. The average Bonchev–Trinajstić information content (AvgIpc) is 2.14. The number of unbranched alkanes of at least 4 members (excludes halogenated alkanes) is 1. The molecule has 0 fully saturated rings. The summed E-state index contributed by atoms with van der Waals surface area (Å²) < 4.78 is 25.2. The maximum absolute atomic E-state index is 11.3. The van der Waals surface area contributed by atoms with Crippen molar-refractivity contribution >= 4 is 10.0 Å². The number of rotatable bonds is 8. The maximum atomic E-state index is 11.3. The lowest BCUT2D eigenvalue weighted by atomic mass is 10.2. The van der Waals surface area contributed by atoms with Gasteiger partial charge in [0.1, 0.15) is 0 Å². The quantitative estimate of drug-likeness (QED) is 0.639. The highest BCUT2D eigenvalue weighted by atomic mass is 32.2. The molecule has 0 radical (unpaired) electrons. The van der Waals surface area contributed by atoms with E-state index in [-0.39, 0.29) is 11.8 Å². The van der Waals surface area contributed by atoms with Gasteiger partial charge in [0, 0.05) is 12.6 Å². The van der Waals surface area contributed by atoms with Crippen molar-refractivity contribution < 1.29 is 8.42 Å². The molecule has 3 N–H and O–H groups in total. The molecule has 0 aromatic heterocycles. The second-order valence-electron chi connectivity index (χ2n) is 3.52. The van der Waals surface area contributed by atoms with Crippen molar-refractivity contribution in [1.82, 2.24) is 4.72 Å². The first-order chi connectivity index (χ1) is 6.52. The van der Waals surface area contributed by atoms with E-state index in [1.807, 2.05) is 13.8 Å². The van der Waals surface area contributed by atoms with Gasteiger partial charge in [-0.05, 0) is 19.3 Å². The summed E-state index contributed by atoms with van der Waals surface area (Å²) >= 11 is 0. The molecule has 4 nitrogen and oxygen atoms in total. The van der Waals surface area contributed by atoms with Crippen LogP contribution in [-0.2, 0) is 10.0 Å². The highest BCUT2D eigenvalue weighted by Gasteiger charge is 2.08. The first kappa shape index (κ1) is 13.9. The summed E-state index contributed by atoms with van der Waals surface area (Å²) in [6.07, 6.45) is 3.21. The van der Waals surface area contributed by atoms with Crippen LogP contribution in [0.3, 0.4) is 0 Å². The van der Waals surface area contributed by atoms with Crippen molar-refractivity contribution in [2.75, 3.05) is 12.3 Å². The van der Waals surface area contributed by atoms with E-state index in [0.717, 1.165) is 19.3 Å². The summed E-state index contributed by atoms with van der Waals surface area (Å²) in [7, 11) is -3.05. The minimum atomic E-state index is -3.05. The van der Waals surface area contributed by atoms with Gasteiger partial charge in [0.2, 0.25) is 10.0 Å². The lowest BCUT2D eigenvalue weighted by Crippen LogP contribution is -2.31. The van der Waals surface area contributed by atoms with Gasteiger partial charge in [-0.2, -0.15) is 0 Å². The summed E-state index contributed by atoms with van der Waals surface area (Å²) in [5.41, 5.74) is 5.67. The molecule has 1 unspecified atom stereocenters. The molecule has 0 aliphatic rings. The van der Waals surface area contributed by atoms with E-state index in [9.17, 15) is 8.42 Å². The van der Waals surface area contributed by atoms with Crippen LogP contribution in [0, 0.1) is 0 Å². The Morgan fingerprint density at radius 2 is 2.00 bits per heavy atom. The van der Waals surface area contributed by atoms with Crippen LogP contribution in [0.15, 0.2) is 0 Å². The van der Waals surface area contributed by atoms with Gasteiger partial charge >= 0.3 is 0 Å². The van der Waals surface area contributed by atoms with Gasteiger partial charge in [0.15, 0.2) is 0 Å². The van der Waals surface area contributed by atoms with Crippen LogP contribution in [0.2, 0.25) is 0 Å². The normalized spacial score (nSPS) is 14.2. The molecule has 0 saturated heterocycles. The van der Waals surface area contributed by atoms with Crippen LogP contribution in [0.4, 0.5) is 0 Å². The predicted molar refractivity (Wildman–Crippen MR) is 59.6 cm³/mol. The van der Waals surface area contributed by atoms with Crippen LogP contribution < -0.4 is 10.5 Å². The fraction of sp³-hybridized carbons (Fsp3) is 1.00. The Balaban J connectivity index is 3.66. The number of hydrogen-bond donors (Lipinski definition) is 2. The lowest BCUT2D eigenvalue weighted by Gasteiger charge is -2.09. The molecule has 0 aromatic rings. The number of hydrogen-bond acceptors (Lipinski definition) is 3. The van der Waals surface area contributed by atoms with E-state index in [0.29, 0.717) is 13.0 Å². The number of sulfonamides is 1. The molecule has 0 aliphatic carbocycles. The van der Waals surface area contributed by atoms with Crippen LogP contribution in [0.1, 0.15) is 39.5 Å². The Bertz CT molecular complexity index is 227. The highest BCUT2D eigenvalue weighted by molar-refractivity contribution is 7.89. The first-order valence-electron chi connectivity index (χ1n) is 5.24. The van der Waals surface area contributed by atoms with Crippen molar-refractivity contribution in [3.8, 4) is 0 Å². The minimum absolute atomic E-state index is 0.101. The zero-order valence-corrected chi connectivity index (χ0v) is 9.94. The van der Waals surface area contributed by atoms with Gasteiger partial charge in [0.25, 0.3) is 0 Å². The number of nitrogens with one attached hydrogen (secondary N) is 1. The van der Waals surface area contributed by atoms with Crippen molar-refractivity contribution in [3.63, 3.8) is 0 Å². The largest absolute Gasteiger partial charge is 0.328 e. The Morgan fingerprint density at radius 3 is 2.50 bits per heavy atom. The van der Waals surface area contributed by atoms with E-state index >= 15 is 0 Å². The molecule has 0 aliphatic heterocycles. The third-order valence-electron chi connectivity index (χ3n) is 2.13. The highest BCUT2D eigenvalue weighted by Crippen LogP contribution is 1.95. The molecule has 5 heteroatoms. The third kappa shape index (κ3) is 7.29. The Kier molecular flexibility index (Phi) is 7.13. The van der Waals surface area contributed by atoms with E-state index in [1.54, 1.807) is 0 Å². The minimum Gasteiger partial charge on any atom is -0.328 e. The van der Waals surface area contributed by atoms with Gasteiger partial charge in [0.05, 0.1) is 5.75 Å². The molecule has 0 rings (SSSR count). The summed E-state index contributed by atoms with van der Waals surface area (Å²) in [6.45, 7) is 4.43. The summed E-state index contributed by atoms with van der Waals surface area (Å²) in [5, 5.41) is 0. The fourth-order valence-electron chi connectivity index (χ4n) is 1.01. The maximum Gasteiger partial charge on any atom is 0.211 e. The molecule has 0 aromatic carbocycles. The van der Waals surface area contributed by atoms with Crippen molar-refractivity contribution in [2.45, 2.75) is 45.6 Å². The van der Waals surface area contributed by atoms with Crippen LogP contribution in [0.25, 0.3) is 0 Å². The van der Waals surface area contributed by atoms with E-state index in [4.69, 9.17) is 5.73 Å². The van der Waals surface area contributed by atoms with E-state index < -0.39 is 10.0 Å². The zero-order valence-electron chi connectivity index (χ0n) is 9.12.